The molecule has 0 radical (unpaired) electrons. The van der Waals surface area contributed by atoms with Gasteiger partial charge in [-0.2, -0.15) is 11.8 Å². The minimum Gasteiger partial charge on any atom is -0.370 e. The van der Waals surface area contributed by atoms with E-state index in [0.717, 1.165) is 13.0 Å². The maximum atomic E-state index is 12.2. The Balaban J connectivity index is 2.74. The Morgan fingerprint density at radius 1 is 1.45 bits per heavy atom. The van der Waals surface area contributed by atoms with Gasteiger partial charge >= 0.3 is 0 Å². The first-order chi connectivity index (χ1) is 9.38. The van der Waals surface area contributed by atoms with Crippen LogP contribution in [0.4, 0.5) is 5.82 Å². The minimum atomic E-state index is -0.129. The van der Waals surface area contributed by atoms with Gasteiger partial charge in [0.25, 0.3) is 5.91 Å². The highest BCUT2D eigenvalue weighted by Gasteiger charge is 2.18. The highest BCUT2D eigenvalue weighted by atomic mass is 35.5. The standard InChI is InChI=1S/C14H22ClN3OS/c1-5-6-16-12-8-10(7-11(15)18-12)13(19)17-9-14(2,3)20-4/h7-8H,5-6,9H2,1-4H3,(H,16,18)(H,17,19). The summed E-state index contributed by atoms with van der Waals surface area (Å²) < 4.78 is 0.00970. The summed E-state index contributed by atoms with van der Waals surface area (Å²) in [6.07, 6.45) is 3.01. The summed E-state index contributed by atoms with van der Waals surface area (Å²) in [5.74, 6) is 0.504. The van der Waals surface area contributed by atoms with Gasteiger partial charge in [-0.3, -0.25) is 4.79 Å². The van der Waals surface area contributed by atoms with Crippen LogP contribution in [-0.2, 0) is 0 Å². The number of pyridine rings is 1. The van der Waals surface area contributed by atoms with Crippen LogP contribution < -0.4 is 10.6 Å². The van der Waals surface area contributed by atoms with Crippen molar-refractivity contribution >= 4 is 35.1 Å². The van der Waals surface area contributed by atoms with Crippen molar-refractivity contribution in [3.8, 4) is 0 Å². The molecule has 0 aliphatic rings. The molecule has 0 fully saturated rings. The largest absolute Gasteiger partial charge is 0.370 e. The number of nitrogens with one attached hydrogen (secondary N) is 2. The molecule has 0 saturated carbocycles. The van der Waals surface area contributed by atoms with Crippen LogP contribution in [0.5, 0.6) is 0 Å². The Labute approximate surface area is 130 Å². The van der Waals surface area contributed by atoms with E-state index in [2.05, 4.69) is 36.4 Å². The van der Waals surface area contributed by atoms with E-state index in [0.29, 0.717) is 23.1 Å². The third-order valence-corrected chi connectivity index (χ3v) is 4.28. The minimum absolute atomic E-state index is 0.00970. The van der Waals surface area contributed by atoms with Crippen LogP contribution in [0.15, 0.2) is 12.1 Å². The first kappa shape index (κ1) is 17.1. The van der Waals surface area contributed by atoms with Gasteiger partial charge in [0.2, 0.25) is 0 Å². The van der Waals surface area contributed by atoms with Crippen molar-refractivity contribution in [1.29, 1.82) is 0 Å². The van der Waals surface area contributed by atoms with E-state index >= 15 is 0 Å². The fourth-order valence-corrected chi connectivity index (χ4v) is 1.86. The van der Waals surface area contributed by atoms with Crippen molar-refractivity contribution in [2.24, 2.45) is 0 Å². The highest BCUT2D eigenvalue weighted by Crippen LogP contribution is 2.20. The quantitative estimate of drug-likeness (QED) is 0.757. The molecule has 0 unspecified atom stereocenters. The lowest BCUT2D eigenvalue weighted by Gasteiger charge is -2.22. The van der Waals surface area contributed by atoms with Crippen LogP contribution in [0, 0.1) is 0 Å². The average molecular weight is 316 g/mol. The molecule has 0 atom stereocenters. The molecule has 1 amide bonds. The zero-order valence-electron chi connectivity index (χ0n) is 12.4. The van der Waals surface area contributed by atoms with Gasteiger partial charge in [-0.15, -0.1) is 0 Å². The van der Waals surface area contributed by atoms with Gasteiger partial charge in [-0.05, 0) is 38.7 Å². The van der Waals surface area contributed by atoms with Crippen molar-refractivity contribution in [2.75, 3.05) is 24.7 Å². The van der Waals surface area contributed by atoms with Crippen LogP contribution in [0.1, 0.15) is 37.6 Å². The van der Waals surface area contributed by atoms with Crippen molar-refractivity contribution in [1.82, 2.24) is 10.3 Å². The normalized spacial score (nSPS) is 11.2. The molecular weight excluding hydrogens is 294 g/mol. The van der Waals surface area contributed by atoms with Crippen LogP contribution in [-0.4, -0.2) is 35.0 Å². The second-order valence-corrected chi connectivity index (χ2v) is 7.04. The first-order valence-electron chi connectivity index (χ1n) is 6.63. The van der Waals surface area contributed by atoms with Gasteiger partial charge in [0.05, 0.1) is 0 Å². The van der Waals surface area contributed by atoms with Gasteiger partial charge in [0.1, 0.15) is 11.0 Å². The summed E-state index contributed by atoms with van der Waals surface area (Å²) in [4.78, 5) is 16.3. The number of anilines is 1. The van der Waals surface area contributed by atoms with Gasteiger partial charge in [-0.1, -0.05) is 18.5 Å². The van der Waals surface area contributed by atoms with Crippen LogP contribution in [0.2, 0.25) is 5.15 Å². The zero-order chi connectivity index (χ0) is 15.2. The van der Waals surface area contributed by atoms with E-state index in [1.165, 1.54) is 0 Å². The summed E-state index contributed by atoms with van der Waals surface area (Å²) in [5.41, 5.74) is 0.528. The lowest BCUT2D eigenvalue weighted by atomic mass is 10.2. The van der Waals surface area contributed by atoms with E-state index in [4.69, 9.17) is 11.6 Å². The molecule has 6 heteroatoms. The third-order valence-electron chi connectivity index (χ3n) is 2.84. The molecule has 112 valence electrons. The number of rotatable bonds is 7. The van der Waals surface area contributed by atoms with Crippen molar-refractivity contribution < 1.29 is 4.79 Å². The molecule has 1 heterocycles. The number of halogens is 1. The molecule has 1 rings (SSSR count). The Bertz CT molecular complexity index is 466. The Hall–Kier alpha value is -0.940. The predicted octanol–water partition coefficient (Wildman–Crippen LogP) is 3.43. The molecule has 20 heavy (non-hydrogen) atoms. The third kappa shape index (κ3) is 5.59. The number of carbonyl (C=O) groups is 1. The molecule has 0 saturated heterocycles. The topological polar surface area (TPSA) is 54.0 Å². The van der Waals surface area contributed by atoms with Gasteiger partial charge in [-0.25, -0.2) is 4.98 Å². The summed E-state index contributed by atoms with van der Waals surface area (Å²) in [6.45, 7) is 7.64. The maximum absolute atomic E-state index is 12.2. The number of thioether (sulfide) groups is 1. The van der Waals surface area contributed by atoms with Crippen molar-refractivity contribution in [3.05, 3.63) is 22.8 Å². The molecule has 1 aromatic heterocycles. The molecule has 0 bridgehead atoms. The molecule has 1 aromatic rings. The van der Waals surface area contributed by atoms with Gasteiger partial charge in [0.15, 0.2) is 0 Å². The predicted molar refractivity (Wildman–Crippen MR) is 88.0 cm³/mol. The Morgan fingerprint density at radius 3 is 2.75 bits per heavy atom. The molecule has 0 aliphatic heterocycles. The maximum Gasteiger partial charge on any atom is 0.251 e. The van der Waals surface area contributed by atoms with Crippen molar-refractivity contribution in [2.45, 2.75) is 31.9 Å². The molecule has 2 N–H and O–H groups in total. The van der Waals surface area contributed by atoms with E-state index in [1.54, 1.807) is 23.9 Å². The molecular formula is C14H22ClN3OS. The van der Waals surface area contributed by atoms with Gasteiger partial charge in [0, 0.05) is 23.4 Å². The molecule has 0 aliphatic carbocycles. The summed E-state index contributed by atoms with van der Waals surface area (Å²) in [6, 6.07) is 3.31. The second-order valence-electron chi connectivity index (χ2n) is 5.14. The molecule has 0 spiro atoms. The smallest absolute Gasteiger partial charge is 0.251 e. The van der Waals surface area contributed by atoms with E-state index < -0.39 is 0 Å². The Morgan fingerprint density at radius 2 is 2.15 bits per heavy atom. The summed E-state index contributed by atoms with van der Waals surface area (Å²) in [7, 11) is 0. The summed E-state index contributed by atoms with van der Waals surface area (Å²) in [5, 5.41) is 6.38. The average Bonchev–Trinajstić information content (AvgIpc) is 2.42. The number of aromatic nitrogens is 1. The number of amides is 1. The monoisotopic (exact) mass is 315 g/mol. The van der Waals surface area contributed by atoms with Crippen LogP contribution >= 0.6 is 23.4 Å². The fraction of sp³-hybridized carbons (Fsp3) is 0.571. The number of hydrogen-bond donors (Lipinski definition) is 2. The van der Waals surface area contributed by atoms with E-state index in [9.17, 15) is 4.79 Å². The van der Waals surface area contributed by atoms with E-state index in [1.807, 2.05) is 6.26 Å². The lowest BCUT2D eigenvalue weighted by Crippen LogP contribution is -2.36. The van der Waals surface area contributed by atoms with Gasteiger partial charge < -0.3 is 10.6 Å². The molecule has 0 aromatic carbocycles. The zero-order valence-corrected chi connectivity index (χ0v) is 14.0. The Kier molecular flexibility index (Phi) is 6.62. The SMILES string of the molecule is CCCNc1cc(C(=O)NCC(C)(C)SC)cc(Cl)n1. The number of carbonyl (C=O) groups excluding carboxylic acids is 1. The number of hydrogen-bond acceptors (Lipinski definition) is 4. The fourth-order valence-electron chi connectivity index (χ4n) is 1.44. The summed E-state index contributed by atoms with van der Waals surface area (Å²) >= 11 is 7.67. The number of nitrogens with zero attached hydrogens (tertiary/aromatic N) is 1. The highest BCUT2D eigenvalue weighted by molar-refractivity contribution is 7.99. The lowest BCUT2D eigenvalue weighted by molar-refractivity contribution is 0.0950. The van der Waals surface area contributed by atoms with Crippen LogP contribution in [0.3, 0.4) is 0 Å². The first-order valence-corrected chi connectivity index (χ1v) is 8.23. The molecule has 4 nitrogen and oxygen atoms in total. The van der Waals surface area contributed by atoms with Crippen molar-refractivity contribution in [3.63, 3.8) is 0 Å². The van der Waals surface area contributed by atoms with Crippen LogP contribution in [0.25, 0.3) is 0 Å². The van der Waals surface area contributed by atoms with E-state index in [-0.39, 0.29) is 10.7 Å². The second kappa shape index (κ2) is 7.74.